The van der Waals surface area contributed by atoms with Crippen LogP contribution in [0.4, 0.5) is 0 Å². The Morgan fingerprint density at radius 2 is 1.77 bits per heavy atom. The third-order valence-electron chi connectivity index (χ3n) is 15.4. The summed E-state index contributed by atoms with van der Waals surface area (Å²) in [5.74, 6) is 3.25. The summed E-state index contributed by atoms with van der Waals surface area (Å²) >= 11 is 0. The lowest BCUT2D eigenvalue weighted by molar-refractivity contribution is -0.194. The molecule has 13 atom stereocenters. The van der Waals surface area contributed by atoms with E-state index in [4.69, 9.17) is 18.9 Å². The van der Waals surface area contributed by atoms with Gasteiger partial charge in [-0.2, -0.15) is 0 Å². The predicted molar refractivity (Wildman–Crippen MR) is 169 cm³/mol. The van der Waals surface area contributed by atoms with Crippen molar-refractivity contribution in [2.45, 2.75) is 142 Å². The topological polar surface area (TPSA) is 77.5 Å². The van der Waals surface area contributed by atoms with Crippen LogP contribution in [0.3, 0.4) is 0 Å². The van der Waals surface area contributed by atoms with Gasteiger partial charge in [-0.3, -0.25) is 0 Å². The van der Waals surface area contributed by atoms with Gasteiger partial charge in [0.05, 0.1) is 24.4 Å². The second-order valence-corrected chi connectivity index (χ2v) is 17.7. The zero-order chi connectivity index (χ0) is 31.4. The number of morpholine rings is 1. The molecule has 7 nitrogen and oxygen atoms in total. The number of esters is 1. The van der Waals surface area contributed by atoms with Crippen LogP contribution in [0.25, 0.3) is 0 Å². The molecular formula is C37H61NO6. The molecule has 0 aromatic carbocycles. The summed E-state index contributed by atoms with van der Waals surface area (Å²) in [6.07, 6.45) is 10.2. The van der Waals surface area contributed by atoms with Gasteiger partial charge < -0.3 is 29.0 Å². The molecule has 13 unspecified atom stereocenters. The van der Waals surface area contributed by atoms with E-state index in [1.807, 2.05) is 20.8 Å². The van der Waals surface area contributed by atoms with Crippen molar-refractivity contribution in [2.24, 2.45) is 51.2 Å². The molecule has 5 aliphatic carbocycles. The van der Waals surface area contributed by atoms with E-state index >= 15 is 0 Å². The number of carbonyl (C=O) groups excluding carboxylic acids is 1. The first-order valence-corrected chi connectivity index (χ1v) is 18.2. The van der Waals surface area contributed by atoms with Crippen molar-refractivity contribution >= 4 is 5.97 Å². The van der Waals surface area contributed by atoms with Gasteiger partial charge in [0.1, 0.15) is 12.2 Å². The monoisotopic (exact) mass is 615 g/mol. The number of rotatable bonds is 6. The van der Waals surface area contributed by atoms with Gasteiger partial charge in [-0.05, 0) is 131 Å². The van der Waals surface area contributed by atoms with Crippen LogP contribution in [0.1, 0.15) is 106 Å². The van der Waals surface area contributed by atoms with Gasteiger partial charge in [0.2, 0.25) is 0 Å². The lowest BCUT2D eigenvalue weighted by atomic mass is 9.46. The second-order valence-electron chi connectivity index (χ2n) is 17.7. The zero-order valence-corrected chi connectivity index (χ0v) is 28.9. The van der Waals surface area contributed by atoms with Crippen LogP contribution in [0.5, 0.6) is 0 Å². The van der Waals surface area contributed by atoms with E-state index in [0.29, 0.717) is 53.8 Å². The average Bonchev–Trinajstić information content (AvgIpc) is 3.34. The fourth-order valence-electron chi connectivity index (χ4n) is 13.5. The SMILES string of the molecule is CCOC(C1CCC2C(CC3C4CCC5C(C)(C)C(OC(=O)C6CN(C)CCO6)CCC56C(C)C46CCC23C)O1)C(C)(C)O. The van der Waals surface area contributed by atoms with Gasteiger partial charge >= 0.3 is 5.97 Å². The summed E-state index contributed by atoms with van der Waals surface area (Å²) in [5.41, 5.74) is 0.190. The minimum Gasteiger partial charge on any atom is -0.460 e. The summed E-state index contributed by atoms with van der Waals surface area (Å²) in [4.78, 5) is 15.4. The van der Waals surface area contributed by atoms with E-state index in [9.17, 15) is 9.90 Å². The number of hydrogen-bond donors (Lipinski definition) is 1. The fraction of sp³-hybridized carbons (Fsp3) is 0.973. The Morgan fingerprint density at radius 3 is 2.48 bits per heavy atom. The van der Waals surface area contributed by atoms with Crippen LogP contribution < -0.4 is 0 Å². The molecule has 0 bridgehead atoms. The molecular weight excluding hydrogens is 554 g/mol. The van der Waals surface area contributed by atoms with Crippen molar-refractivity contribution < 1.29 is 28.8 Å². The molecule has 44 heavy (non-hydrogen) atoms. The molecule has 0 radical (unpaired) electrons. The molecule has 1 N–H and O–H groups in total. The Hall–Kier alpha value is -0.730. The highest BCUT2D eigenvalue weighted by atomic mass is 16.6. The Morgan fingerprint density at radius 1 is 1.02 bits per heavy atom. The predicted octanol–water partition coefficient (Wildman–Crippen LogP) is 5.86. The largest absolute Gasteiger partial charge is 0.460 e. The van der Waals surface area contributed by atoms with Gasteiger partial charge in [-0.15, -0.1) is 0 Å². The molecule has 250 valence electrons. The van der Waals surface area contributed by atoms with Crippen molar-refractivity contribution in [1.82, 2.24) is 4.90 Å². The van der Waals surface area contributed by atoms with E-state index in [1.165, 1.54) is 44.9 Å². The molecule has 7 aliphatic rings. The second kappa shape index (κ2) is 10.6. The molecule has 0 aromatic heterocycles. The molecule has 0 aromatic rings. The first-order chi connectivity index (χ1) is 20.7. The third kappa shape index (κ3) is 4.33. The Bertz CT molecular complexity index is 1120. The third-order valence-corrected chi connectivity index (χ3v) is 15.4. The lowest BCUT2D eigenvalue weighted by Crippen LogP contribution is -2.56. The Kier molecular flexibility index (Phi) is 7.70. The molecule has 0 amide bonds. The number of hydrogen-bond acceptors (Lipinski definition) is 7. The summed E-state index contributed by atoms with van der Waals surface area (Å²) in [6, 6.07) is 0. The van der Waals surface area contributed by atoms with E-state index in [-0.39, 0.29) is 35.8 Å². The molecule has 2 aliphatic heterocycles. The van der Waals surface area contributed by atoms with Gasteiger partial charge in [0.15, 0.2) is 6.10 Å². The van der Waals surface area contributed by atoms with Crippen molar-refractivity contribution in [3.63, 3.8) is 0 Å². The van der Waals surface area contributed by atoms with Crippen LogP contribution in [-0.2, 0) is 23.7 Å². The lowest BCUT2D eigenvalue weighted by Gasteiger charge is -2.59. The highest BCUT2D eigenvalue weighted by Gasteiger charge is 2.85. The number of nitrogens with zero attached hydrogens (tertiary/aromatic N) is 1. The number of ether oxygens (including phenoxy) is 4. The van der Waals surface area contributed by atoms with Gasteiger partial charge in [-0.25, -0.2) is 4.79 Å². The first-order valence-electron chi connectivity index (χ1n) is 18.2. The van der Waals surface area contributed by atoms with Crippen LogP contribution in [0, 0.1) is 51.2 Å². The number of carbonyl (C=O) groups is 1. The maximum Gasteiger partial charge on any atom is 0.336 e. The molecule has 7 rings (SSSR count). The molecule has 5 saturated carbocycles. The number of aliphatic hydroxyl groups is 1. The van der Waals surface area contributed by atoms with Crippen LogP contribution in [0.2, 0.25) is 0 Å². The van der Waals surface area contributed by atoms with Gasteiger partial charge in [-0.1, -0.05) is 27.7 Å². The number of likely N-dealkylation sites (N-methyl/N-ethyl adjacent to an activating group) is 1. The summed E-state index contributed by atoms with van der Waals surface area (Å²) in [5, 5.41) is 10.9. The molecule has 7 heteroatoms. The summed E-state index contributed by atoms with van der Waals surface area (Å²) < 4.78 is 25.2. The molecule has 2 spiro atoms. The maximum absolute atomic E-state index is 13.3. The maximum atomic E-state index is 13.3. The van der Waals surface area contributed by atoms with E-state index in [1.54, 1.807) is 0 Å². The van der Waals surface area contributed by atoms with Crippen LogP contribution in [-0.4, -0.2) is 85.4 Å². The Labute approximate surface area is 266 Å². The van der Waals surface area contributed by atoms with Crippen LogP contribution in [0.15, 0.2) is 0 Å². The smallest absolute Gasteiger partial charge is 0.336 e. The summed E-state index contributed by atoms with van der Waals surface area (Å²) in [6.45, 7) is 18.5. The Balaban J connectivity index is 1.09. The van der Waals surface area contributed by atoms with Crippen LogP contribution >= 0.6 is 0 Å². The highest BCUT2D eigenvalue weighted by molar-refractivity contribution is 5.75. The number of fused-ring (bicyclic) bond motifs is 4. The normalized spacial score (nSPS) is 50.3. The molecule has 2 heterocycles. The average molecular weight is 616 g/mol. The van der Waals surface area contributed by atoms with Crippen molar-refractivity contribution in [2.75, 3.05) is 33.4 Å². The van der Waals surface area contributed by atoms with Crippen molar-refractivity contribution in [3.05, 3.63) is 0 Å². The highest BCUT2D eigenvalue weighted by Crippen LogP contribution is 2.89. The minimum atomic E-state index is -0.916. The molecule has 7 fully saturated rings. The van der Waals surface area contributed by atoms with Crippen molar-refractivity contribution in [1.29, 1.82) is 0 Å². The quantitative estimate of drug-likeness (QED) is 0.375. The standard InChI is InChI=1S/C37H61NO6/c1-9-41-31(34(5,6)40)26-12-10-24-27(43-26)20-25-23-11-13-29-33(3,4)30(44-32(39)28-21-38(8)18-19-42-28)14-15-37(29)22(2)36(23,37)17-16-35(24,25)7/h22-31,40H,9-21H2,1-8H3. The van der Waals surface area contributed by atoms with Crippen molar-refractivity contribution in [3.8, 4) is 0 Å². The first kappa shape index (κ1) is 31.8. The van der Waals surface area contributed by atoms with Gasteiger partial charge in [0.25, 0.3) is 0 Å². The summed E-state index contributed by atoms with van der Waals surface area (Å²) in [7, 11) is 2.05. The minimum absolute atomic E-state index is 0.0333. The van der Waals surface area contributed by atoms with Gasteiger partial charge in [0, 0.05) is 25.1 Å². The fourth-order valence-corrected chi connectivity index (χ4v) is 13.5. The van der Waals surface area contributed by atoms with E-state index in [2.05, 4.69) is 39.6 Å². The zero-order valence-electron chi connectivity index (χ0n) is 28.9. The molecule has 2 saturated heterocycles. The van der Waals surface area contributed by atoms with E-state index < -0.39 is 11.7 Å². The van der Waals surface area contributed by atoms with E-state index in [0.717, 1.165) is 31.2 Å².